The number of carbonyl (C=O) groups excluding carboxylic acids is 1. The van der Waals surface area contributed by atoms with Gasteiger partial charge < -0.3 is 9.72 Å². The Morgan fingerprint density at radius 3 is 2.62 bits per heavy atom. The van der Waals surface area contributed by atoms with Gasteiger partial charge in [-0.05, 0) is 19.1 Å². The molecule has 0 radical (unpaired) electrons. The molecule has 0 aromatic rings. The third-order valence-corrected chi connectivity index (χ3v) is 2.43. The summed E-state index contributed by atoms with van der Waals surface area (Å²) in [7, 11) is 1.51. The van der Waals surface area contributed by atoms with Gasteiger partial charge in [0.1, 0.15) is 5.75 Å². The zero-order chi connectivity index (χ0) is 11.7. The van der Waals surface area contributed by atoms with Gasteiger partial charge in [-0.3, -0.25) is 9.59 Å². The molecule has 4 heteroatoms. The molecule has 0 saturated heterocycles. The monoisotopic (exact) mass is 217 g/mol. The van der Waals surface area contributed by atoms with Gasteiger partial charge in [0.05, 0.1) is 23.9 Å². The van der Waals surface area contributed by atoms with Gasteiger partial charge in [0.2, 0.25) is 0 Å². The number of rotatable bonds is 2. The maximum Gasteiger partial charge on any atom is 0.260 e. The first-order chi connectivity index (χ1) is 7.65. The second kappa shape index (κ2) is 3.81. The third-order valence-electron chi connectivity index (χ3n) is 2.43. The van der Waals surface area contributed by atoms with Crippen molar-refractivity contribution in [1.82, 2.24) is 4.98 Å². The SMILES string of the molecule is COc1ccccc2[nH]c(=O)c(C(C)=O)c1-2. The van der Waals surface area contributed by atoms with E-state index in [1.807, 2.05) is 0 Å². The number of nitrogens with one attached hydrogen (secondary N) is 1. The predicted molar refractivity (Wildman–Crippen MR) is 60.2 cm³/mol. The molecule has 1 aliphatic heterocycles. The summed E-state index contributed by atoms with van der Waals surface area (Å²) in [4.78, 5) is 25.7. The zero-order valence-corrected chi connectivity index (χ0v) is 9.03. The van der Waals surface area contributed by atoms with Crippen molar-refractivity contribution in [2.45, 2.75) is 6.92 Å². The van der Waals surface area contributed by atoms with Gasteiger partial charge in [0.25, 0.3) is 5.56 Å². The van der Waals surface area contributed by atoms with Crippen molar-refractivity contribution in [3.8, 4) is 17.0 Å². The van der Waals surface area contributed by atoms with Gasteiger partial charge in [-0.25, -0.2) is 0 Å². The number of hydrogen-bond acceptors (Lipinski definition) is 3. The van der Waals surface area contributed by atoms with Crippen LogP contribution in [0.25, 0.3) is 11.3 Å². The van der Waals surface area contributed by atoms with E-state index < -0.39 is 0 Å². The molecule has 0 unspecified atom stereocenters. The number of hydrogen-bond donors (Lipinski definition) is 1. The lowest BCUT2D eigenvalue weighted by Crippen LogP contribution is -2.09. The highest BCUT2D eigenvalue weighted by atomic mass is 16.5. The first kappa shape index (κ1) is 10.4. The molecule has 4 nitrogen and oxygen atoms in total. The molecule has 0 bridgehead atoms. The van der Waals surface area contributed by atoms with E-state index in [0.717, 1.165) is 0 Å². The first-order valence-electron chi connectivity index (χ1n) is 4.85. The van der Waals surface area contributed by atoms with Crippen LogP contribution in [0.1, 0.15) is 17.3 Å². The number of aromatic nitrogens is 1. The zero-order valence-electron chi connectivity index (χ0n) is 9.03. The van der Waals surface area contributed by atoms with E-state index in [2.05, 4.69) is 4.98 Å². The van der Waals surface area contributed by atoms with Crippen LogP contribution < -0.4 is 10.3 Å². The Kier molecular flexibility index (Phi) is 2.48. The number of ketones is 1. The van der Waals surface area contributed by atoms with Gasteiger partial charge in [-0.15, -0.1) is 0 Å². The van der Waals surface area contributed by atoms with Crippen LogP contribution in [0, 0.1) is 0 Å². The summed E-state index contributed by atoms with van der Waals surface area (Å²) in [6.45, 7) is 1.37. The number of carbonyl (C=O) groups is 1. The summed E-state index contributed by atoms with van der Waals surface area (Å²) in [6.07, 6.45) is 0. The number of methoxy groups -OCH3 is 1. The quantitative estimate of drug-likeness (QED) is 0.779. The summed E-state index contributed by atoms with van der Waals surface area (Å²) in [5.41, 5.74) is 0.942. The summed E-state index contributed by atoms with van der Waals surface area (Å²) in [6, 6.07) is 7.04. The van der Waals surface area contributed by atoms with Crippen LogP contribution in [0.2, 0.25) is 0 Å². The number of aromatic amines is 1. The van der Waals surface area contributed by atoms with Crippen LogP contribution >= 0.6 is 0 Å². The van der Waals surface area contributed by atoms with Crippen molar-refractivity contribution in [2.24, 2.45) is 0 Å². The molecule has 0 atom stereocenters. The Labute approximate surface area is 92.2 Å². The second-order valence-corrected chi connectivity index (χ2v) is 3.46. The fourth-order valence-electron chi connectivity index (χ4n) is 1.76. The van der Waals surface area contributed by atoms with Crippen molar-refractivity contribution >= 4 is 5.78 Å². The highest BCUT2D eigenvalue weighted by Crippen LogP contribution is 2.31. The first-order valence-corrected chi connectivity index (χ1v) is 4.85. The minimum atomic E-state index is -0.369. The highest BCUT2D eigenvalue weighted by Gasteiger charge is 2.21. The normalized spacial score (nSPS) is 10.4. The molecule has 0 amide bonds. The maximum atomic E-state index is 11.6. The van der Waals surface area contributed by atoms with Gasteiger partial charge in [0.15, 0.2) is 5.78 Å². The molecule has 2 aliphatic rings. The summed E-state index contributed by atoms with van der Waals surface area (Å²) in [5, 5.41) is 0. The minimum absolute atomic E-state index is 0.156. The summed E-state index contributed by atoms with van der Waals surface area (Å²) >= 11 is 0. The Morgan fingerprint density at radius 1 is 1.31 bits per heavy atom. The van der Waals surface area contributed by atoms with Crippen molar-refractivity contribution in [3.05, 3.63) is 40.2 Å². The molecule has 0 saturated carbocycles. The molecule has 16 heavy (non-hydrogen) atoms. The molecule has 82 valence electrons. The summed E-state index contributed by atoms with van der Waals surface area (Å²) < 4.78 is 5.18. The molecule has 1 N–H and O–H groups in total. The molecule has 2 rings (SSSR count). The highest BCUT2D eigenvalue weighted by molar-refractivity contribution is 6.02. The van der Waals surface area contributed by atoms with Gasteiger partial charge in [-0.2, -0.15) is 0 Å². The maximum absolute atomic E-state index is 11.6. The molecule has 0 aromatic carbocycles. The van der Waals surface area contributed by atoms with E-state index in [4.69, 9.17) is 4.74 Å². The average molecular weight is 217 g/mol. The van der Waals surface area contributed by atoms with Crippen LogP contribution in [0.5, 0.6) is 5.75 Å². The van der Waals surface area contributed by atoms with Gasteiger partial charge >= 0.3 is 0 Å². The van der Waals surface area contributed by atoms with Gasteiger partial charge in [-0.1, -0.05) is 12.1 Å². The predicted octanol–water partition coefficient (Wildman–Crippen LogP) is 1.69. The molecule has 1 heterocycles. The molecule has 1 aliphatic carbocycles. The standard InChI is InChI=1S/C12H11NO3/c1-7(14)10-11-8(13-12(10)15)5-3-4-6-9(11)16-2/h3-6H,1-2H3,(H,13,15). The van der Waals surface area contributed by atoms with E-state index in [0.29, 0.717) is 17.0 Å². The number of H-pyrrole nitrogens is 1. The smallest absolute Gasteiger partial charge is 0.260 e. The second-order valence-electron chi connectivity index (χ2n) is 3.46. The fourth-order valence-corrected chi connectivity index (χ4v) is 1.76. The van der Waals surface area contributed by atoms with E-state index in [-0.39, 0.29) is 16.9 Å². The fraction of sp³-hybridized carbons (Fsp3) is 0.167. The molecule has 0 aromatic heterocycles. The molecular weight excluding hydrogens is 206 g/mol. The Balaban J connectivity index is 2.90. The minimum Gasteiger partial charge on any atom is -0.496 e. The van der Waals surface area contributed by atoms with E-state index >= 15 is 0 Å². The van der Waals surface area contributed by atoms with Crippen LogP contribution in [0.15, 0.2) is 29.1 Å². The van der Waals surface area contributed by atoms with Crippen LogP contribution in [-0.4, -0.2) is 17.9 Å². The average Bonchev–Trinajstić information content (AvgIpc) is 2.43. The van der Waals surface area contributed by atoms with Crippen LogP contribution in [-0.2, 0) is 0 Å². The van der Waals surface area contributed by atoms with Crippen molar-refractivity contribution in [1.29, 1.82) is 0 Å². The Hall–Kier alpha value is -2.10. The lowest BCUT2D eigenvalue weighted by molar-refractivity contribution is 0.101. The lowest BCUT2D eigenvalue weighted by atomic mass is 10.1. The topological polar surface area (TPSA) is 59.2 Å². The number of Topliss-reactive ketones (excluding diaryl/α,β-unsaturated/α-hetero) is 1. The molecular formula is C12H11NO3. The number of fused-ring (bicyclic) bond motifs is 1. The van der Waals surface area contributed by atoms with E-state index in [1.165, 1.54) is 14.0 Å². The van der Waals surface area contributed by atoms with Crippen molar-refractivity contribution in [3.63, 3.8) is 0 Å². The third kappa shape index (κ3) is 1.48. The Bertz CT molecular complexity index is 571. The molecule has 0 fully saturated rings. The van der Waals surface area contributed by atoms with Gasteiger partial charge in [0, 0.05) is 0 Å². The molecule has 0 spiro atoms. The summed E-state index contributed by atoms with van der Waals surface area (Å²) in [5.74, 6) is 0.254. The van der Waals surface area contributed by atoms with Crippen LogP contribution in [0.3, 0.4) is 0 Å². The van der Waals surface area contributed by atoms with Crippen molar-refractivity contribution in [2.75, 3.05) is 7.11 Å². The number of ether oxygens (including phenoxy) is 1. The Morgan fingerprint density at radius 2 is 2.00 bits per heavy atom. The van der Waals surface area contributed by atoms with E-state index in [9.17, 15) is 9.59 Å². The van der Waals surface area contributed by atoms with Crippen LogP contribution in [0.4, 0.5) is 0 Å². The van der Waals surface area contributed by atoms with Crippen molar-refractivity contribution < 1.29 is 9.53 Å². The lowest BCUT2D eigenvalue weighted by Gasteiger charge is -2.02. The van der Waals surface area contributed by atoms with E-state index in [1.54, 1.807) is 24.3 Å². The largest absolute Gasteiger partial charge is 0.496 e.